The first-order chi connectivity index (χ1) is 25.7. The summed E-state index contributed by atoms with van der Waals surface area (Å²) < 4.78 is 112. The van der Waals surface area contributed by atoms with Gasteiger partial charge in [0.05, 0.1) is 29.1 Å². The highest BCUT2D eigenvalue weighted by atomic mass is 35.5. The number of hydrogen-bond donors (Lipinski definition) is 3. The first kappa shape index (κ1) is 39.7. The van der Waals surface area contributed by atoms with Crippen LogP contribution in [0.1, 0.15) is 69.5 Å². The van der Waals surface area contributed by atoms with Gasteiger partial charge in [0.2, 0.25) is 0 Å². The van der Waals surface area contributed by atoms with Crippen LogP contribution in [0.4, 0.5) is 31.1 Å². The van der Waals surface area contributed by atoms with Crippen molar-refractivity contribution < 1.29 is 49.4 Å². The van der Waals surface area contributed by atoms with Crippen LogP contribution in [0.3, 0.4) is 0 Å². The molecule has 0 saturated heterocycles. The number of carbonyl (C=O) groups excluding carboxylic acids is 2. The summed E-state index contributed by atoms with van der Waals surface area (Å²) in [6, 6.07) is 6.19. The Bertz CT molecular complexity index is 2200. The fourth-order valence-electron chi connectivity index (χ4n) is 6.40. The predicted octanol–water partition coefficient (Wildman–Crippen LogP) is 6.20. The van der Waals surface area contributed by atoms with Crippen molar-refractivity contribution in [2.45, 2.75) is 69.8 Å². The van der Waals surface area contributed by atoms with E-state index in [2.05, 4.69) is 20.2 Å². The van der Waals surface area contributed by atoms with Crippen molar-refractivity contribution in [2.75, 3.05) is 6.61 Å². The zero-order chi connectivity index (χ0) is 40.2. The lowest BCUT2D eigenvalue weighted by molar-refractivity contribution is -0.164. The normalized spacial score (nSPS) is 19.4. The Hall–Kier alpha value is -5.02. The standard InChI is InChI=1S/C33H32ClF6N9O5S/c1-30(2,3)15-32(19-5-6-20(22(35)11-19)18-12-43-47(13-18)55(52)53)27(50)48(28(41)45-32)24(14-54-29(51)46-31(8-9-31)33(38,39)40)17-4-7-21(34)23(10-17)49-26(25(36)37)42-16-44-49/h4-7,10-13,16,24-25H,8-9,14-15H2,1-3H3,(H2,41,45)(H,46,51)(H,52,53)/t24-,32-/m1/s1. The maximum atomic E-state index is 15.9. The monoisotopic (exact) mass is 815 g/mol. The molecular formula is C33H32ClF6N9O5S. The first-order valence-corrected chi connectivity index (χ1v) is 17.8. The fourth-order valence-corrected chi connectivity index (χ4v) is 6.93. The quantitative estimate of drug-likeness (QED) is 0.117. The van der Waals surface area contributed by atoms with Crippen LogP contribution in [0.2, 0.25) is 5.02 Å². The van der Waals surface area contributed by atoms with Gasteiger partial charge >= 0.3 is 12.3 Å². The summed E-state index contributed by atoms with van der Waals surface area (Å²) in [6.45, 7) is 4.53. The minimum Gasteiger partial charge on any atom is -0.447 e. The molecule has 0 bridgehead atoms. The van der Waals surface area contributed by atoms with Crippen LogP contribution in [0.5, 0.6) is 0 Å². The highest BCUT2D eigenvalue weighted by Crippen LogP contribution is 2.49. The second-order valence-electron chi connectivity index (χ2n) is 14.2. The van der Waals surface area contributed by atoms with Gasteiger partial charge in [-0.2, -0.15) is 27.5 Å². The molecule has 0 radical (unpaired) electrons. The van der Waals surface area contributed by atoms with Crippen LogP contribution < -0.4 is 11.1 Å². The van der Waals surface area contributed by atoms with Crippen molar-refractivity contribution in [1.29, 1.82) is 0 Å². The molecule has 1 aliphatic carbocycles. The number of rotatable bonds is 11. The summed E-state index contributed by atoms with van der Waals surface area (Å²) in [7, 11) is 0. The van der Waals surface area contributed by atoms with E-state index in [0.29, 0.717) is 4.09 Å². The van der Waals surface area contributed by atoms with E-state index in [9.17, 15) is 40.3 Å². The van der Waals surface area contributed by atoms with Crippen molar-refractivity contribution in [3.05, 3.63) is 82.9 Å². The molecule has 14 nitrogen and oxygen atoms in total. The summed E-state index contributed by atoms with van der Waals surface area (Å²) in [4.78, 5) is 36.8. The largest absolute Gasteiger partial charge is 0.447 e. The lowest BCUT2D eigenvalue weighted by atomic mass is 9.75. The third-order valence-electron chi connectivity index (χ3n) is 9.06. The Kier molecular flexibility index (Phi) is 10.3. The van der Waals surface area contributed by atoms with E-state index in [0.717, 1.165) is 28.2 Å². The molecule has 3 atom stereocenters. The third-order valence-corrected chi connectivity index (χ3v) is 9.90. The smallest absolute Gasteiger partial charge is 0.411 e. The zero-order valence-electron chi connectivity index (χ0n) is 29.0. The van der Waals surface area contributed by atoms with Crippen LogP contribution in [-0.2, 0) is 26.3 Å². The van der Waals surface area contributed by atoms with Crippen LogP contribution in [-0.4, -0.2) is 73.9 Å². The number of alkyl halides is 5. The van der Waals surface area contributed by atoms with Gasteiger partial charge in [-0.15, -0.1) is 0 Å². The van der Waals surface area contributed by atoms with Crippen molar-refractivity contribution in [3.8, 4) is 16.8 Å². The Morgan fingerprint density at radius 3 is 2.44 bits per heavy atom. The molecule has 6 rings (SSSR count). The van der Waals surface area contributed by atoms with Crippen LogP contribution in [0, 0.1) is 11.2 Å². The Morgan fingerprint density at radius 2 is 1.85 bits per heavy atom. The number of halogens is 7. The van der Waals surface area contributed by atoms with Crippen LogP contribution in [0.15, 0.2) is 60.1 Å². The Morgan fingerprint density at radius 1 is 1.15 bits per heavy atom. The van der Waals surface area contributed by atoms with Crippen molar-refractivity contribution in [3.63, 3.8) is 0 Å². The molecule has 1 fully saturated rings. The number of alkyl carbamates (subject to hydrolysis) is 1. The first-order valence-electron chi connectivity index (χ1n) is 16.3. The van der Waals surface area contributed by atoms with Gasteiger partial charge in [0.1, 0.15) is 24.3 Å². The van der Waals surface area contributed by atoms with Crippen LogP contribution >= 0.6 is 11.6 Å². The molecule has 1 unspecified atom stereocenters. The van der Waals surface area contributed by atoms with Gasteiger partial charge in [-0.05, 0) is 54.0 Å². The van der Waals surface area contributed by atoms with Gasteiger partial charge < -0.3 is 15.8 Å². The summed E-state index contributed by atoms with van der Waals surface area (Å²) in [5, 5.41) is 9.32. The molecule has 4 aromatic rings. The van der Waals surface area contributed by atoms with E-state index >= 15 is 4.39 Å². The van der Waals surface area contributed by atoms with Crippen LogP contribution in [0.25, 0.3) is 16.8 Å². The summed E-state index contributed by atoms with van der Waals surface area (Å²) in [5.74, 6) is -2.92. The zero-order valence-corrected chi connectivity index (χ0v) is 30.6. The number of aromatic nitrogens is 5. The highest BCUT2D eigenvalue weighted by molar-refractivity contribution is 7.77. The van der Waals surface area contributed by atoms with Gasteiger partial charge in [-0.25, -0.2) is 36.8 Å². The molecule has 294 valence electrons. The maximum Gasteiger partial charge on any atom is 0.411 e. The molecular weight excluding hydrogens is 784 g/mol. The molecule has 55 heavy (non-hydrogen) atoms. The fraction of sp³-hybridized carbons (Fsp3) is 0.394. The molecule has 2 aliphatic rings. The number of benzene rings is 2. The number of hydrogen-bond acceptors (Lipinski definition) is 9. The SMILES string of the molecule is CC(C)(C)C[C@]1(c2ccc(-c3cnn(S(=O)O)c3)c(F)c2)N=C(N)N([C@H](COC(=O)NC2(C(F)(F)F)CC2)c2ccc(Cl)c(-n3ncnc3C(F)F)c2)C1=O. The molecule has 22 heteroatoms. The topological polar surface area (TPSA) is 183 Å². The van der Waals surface area contributed by atoms with E-state index in [1.54, 1.807) is 20.8 Å². The van der Waals surface area contributed by atoms with Gasteiger partial charge in [0, 0.05) is 11.1 Å². The molecule has 0 spiro atoms. The number of guanidine groups is 1. The molecule has 3 heterocycles. The lowest BCUT2D eigenvalue weighted by Crippen LogP contribution is -2.50. The Labute approximate surface area is 316 Å². The minimum atomic E-state index is -4.77. The lowest BCUT2D eigenvalue weighted by Gasteiger charge is -2.35. The average molecular weight is 816 g/mol. The molecule has 1 aliphatic heterocycles. The number of nitrogens with one attached hydrogen (secondary N) is 1. The number of aliphatic imine (C=N–C) groups is 1. The summed E-state index contributed by atoms with van der Waals surface area (Å²) in [5.41, 5.74) is 1.45. The van der Waals surface area contributed by atoms with Gasteiger partial charge in [0.15, 0.2) is 17.3 Å². The third kappa shape index (κ3) is 7.64. The van der Waals surface area contributed by atoms with E-state index in [4.69, 9.17) is 22.1 Å². The predicted molar refractivity (Wildman–Crippen MR) is 185 cm³/mol. The highest BCUT2D eigenvalue weighted by Gasteiger charge is 2.64. The van der Waals surface area contributed by atoms with E-state index < -0.39 is 82.6 Å². The Balaban J connectivity index is 1.42. The van der Waals surface area contributed by atoms with Crippen molar-refractivity contribution >= 4 is 40.8 Å². The molecule has 4 N–H and O–H groups in total. The van der Waals surface area contributed by atoms with E-state index in [1.807, 2.05) is 5.32 Å². The second-order valence-corrected chi connectivity index (χ2v) is 15.4. The maximum absolute atomic E-state index is 15.9. The molecule has 1 saturated carbocycles. The summed E-state index contributed by atoms with van der Waals surface area (Å²) >= 11 is 3.88. The molecule has 2 aromatic heterocycles. The second kappa shape index (κ2) is 14.2. The van der Waals surface area contributed by atoms with E-state index in [-0.39, 0.29) is 52.2 Å². The van der Waals surface area contributed by atoms with Crippen molar-refractivity contribution in [2.24, 2.45) is 16.1 Å². The summed E-state index contributed by atoms with van der Waals surface area (Å²) in [6.07, 6.45) is -6.97. The number of carbonyl (C=O) groups is 2. The average Bonchev–Trinajstić information content (AvgIpc) is 3.39. The molecule has 2 amide bonds. The van der Waals surface area contributed by atoms with E-state index in [1.165, 1.54) is 36.5 Å². The number of nitrogens with zero attached hydrogens (tertiary/aromatic N) is 7. The van der Waals surface area contributed by atoms with Gasteiger partial charge in [0.25, 0.3) is 23.6 Å². The van der Waals surface area contributed by atoms with Gasteiger partial charge in [-0.3, -0.25) is 14.2 Å². The molecule has 2 aromatic carbocycles. The number of ether oxygens (including phenoxy) is 1. The number of nitrogens with two attached hydrogens (primary N) is 1. The number of amides is 2. The van der Waals surface area contributed by atoms with Gasteiger partial charge in [-0.1, -0.05) is 50.6 Å². The van der Waals surface area contributed by atoms with Crippen molar-refractivity contribution in [1.82, 2.24) is 34.2 Å². The minimum absolute atomic E-state index is 0.0276.